The van der Waals surface area contributed by atoms with Gasteiger partial charge in [-0.3, -0.25) is 9.36 Å². The lowest BCUT2D eigenvalue weighted by Gasteiger charge is -2.20. The van der Waals surface area contributed by atoms with Gasteiger partial charge in [0.25, 0.3) is 5.56 Å². The molecule has 0 aliphatic carbocycles. The minimum absolute atomic E-state index is 0.00973. The molecule has 3 aromatic rings. The Morgan fingerprint density at radius 1 is 1.12 bits per heavy atom. The van der Waals surface area contributed by atoms with E-state index in [1.807, 2.05) is 34.9 Å². The van der Waals surface area contributed by atoms with E-state index in [-0.39, 0.29) is 11.6 Å². The fraction of sp³-hybridized carbons (Fsp3) is 0.333. The molecule has 3 rings (SSSR count). The van der Waals surface area contributed by atoms with Crippen molar-refractivity contribution in [3.63, 3.8) is 0 Å². The third kappa shape index (κ3) is 3.22. The molecule has 0 saturated carbocycles. The summed E-state index contributed by atoms with van der Waals surface area (Å²) in [5.74, 6) is 0.833. The predicted octanol–water partition coefficient (Wildman–Crippen LogP) is 3.04. The Hall–Kier alpha value is -2.46. The van der Waals surface area contributed by atoms with Crippen molar-refractivity contribution in [2.24, 2.45) is 0 Å². The van der Waals surface area contributed by atoms with Gasteiger partial charge < -0.3 is 5.32 Å². The topological polar surface area (TPSA) is 51.5 Å². The fourth-order valence-corrected chi connectivity index (χ4v) is 3.43. The largest absolute Gasteiger partial charge is 0.338 e. The maximum Gasteiger partial charge on any atom is 0.266 e. The molecule has 0 aliphatic heterocycles. The van der Waals surface area contributed by atoms with E-state index in [1.165, 1.54) is 5.56 Å². The maximum absolute atomic E-state index is 13.3. The van der Waals surface area contributed by atoms with Crippen LogP contribution in [-0.2, 0) is 0 Å². The number of para-hydroxylation sites is 1. The van der Waals surface area contributed by atoms with Gasteiger partial charge in [0, 0.05) is 6.42 Å². The van der Waals surface area contributed by atoms with Crippen LogP contribution in [0.1, 0.15) is 43.3 Å². The first kappa shape index (κ1) is 17.4. The highest BCUT2D eigenvalue weighted by Crippen LogP contribution is 2.21. The SMILES string of the molecule is CC[NH2+][C@H](CC)c1nc2ccccc2c(=O)n1-c1ccc(C)cc1C. The Morgan fingerprint density at radius 3 is 2.56 bits per heavy atom. The zero-order chi connectivity index (χ0) is 18.0. The lowest BCUT2D eigenvalue weighted by Crippen LogP contribution is -2.85. The van der Waals surface area contributed by atoms with Gasteiger partial charge in [-0.15, -0.1) is 0 Å². The number of rotatable bonds is 5. The molecule has 0 saturated heterocycles. The predicted molar refractivity (Wildman–Crippen MR) is 102 cm³/mol. The molecule has 0 aliphatic rings. The maximum atomic E-state index is 13.3. The Morgan fingerprint density at radius 2 is 1.88 bits per heavy atom. The summed E-state index contributed by atoms with van der Waals surface area (Å²) in [7, 11) is 0. The number of fused-ring (bicyclic) bond motifs is 1. The molecule has 0 fully saturated rings. The number of aryl methyl sites for hydroxylation is 2. The molecular weight excluding hydrogens is 310 g/mol. The van der Waals surface area contributed by atoms with Crippen molar-refractivity contribution in [3.05, 3.63) is 69.8 Å². The minimum Gasteiger partial charge on any atom is -0.338 e. The molecule has 130 valence electrons. The molecule has 0 amide bonds. The molecule has 4 heteroatoms. The quantitative estimate of drug-likeness (QED) is 0.778. The van der Waals surface area contributed by atoms with Crippen molar-refractivity contribution < 1.29 is 5.32 Å². The summed E-state index contributed by atoms with van der Waals surface area (Å²) < 4.78 is 1.82. The standard InChI is InChI=1S/C21H25N3O/c1-5-17(22-6-2)20-23-18-10-8-7-9-16(18)21(25)24(20)19-12-11-14(3)13-15(19)4/h7-13,17,22H,5-6H2,1-4H3/p+1/t17-/m1/s1. The van der Waals surface area contributed by atoms with Crippen LogP contribution in [0.15, 0.2) is 47.3 Å². The molecule has 0 bridgehead atoms. The van der Waals surface area contributed by atoms with Crippen molar-refractivity contribution in [3.8, 4) is 5.69 Å². The lowest BCUT2D eigenvalue weighted by molar-refractivity contribution is -0.694. The smallest absolute Gasteiger partial charge is 0.266 e. The highest BCUT2D eigenvalue weighted by Gasteiger charge is 2.22. The first-order valence-corrected chi connectivity index (χ1v) is 8.99. The first-order chi connectivity index (χ1) is 12.1. The molecule has 1 aromatic heterocycles. The summed E-state index contributed by atoms with van der Waals surface area (Å²) in [5, 5.41) is 2.91. The first-order valence-electron chi connectivity index (χ1n) is 8.99. The normalized spacial score (nSPS) is 12.5. The van der Waals surface area contributed by atoms with Gasteiger partial charge >= 0.3 is 0 Å². The van der Waals surface area contributed by atoms with Crippen molar-refractivity contribution in [2.45, 2.75) is 40.2 Å². The van der Waals surface area contributed by atoms with E-state index in [1.54, 1.807) is 0 Å². The van der Waals surface area contributed by atoms with E-state index in [2.05, 4.69) is 45.1 Å². The Kier molecular flexibility index (Phi) is 5.00. The van der Waals surface area contributed by atoms with Crippen LogP contribution in [0, 0.1) is 13.8 Å². The summed E-state index contributed by atoms with van der Waals surface area (Å²) in [6.45, 7) is 9.35. The molecule has 0 unspecified atom stereocenters. The summed E-state index contributed by atoms with van der Waals surface area (Å²) in [6.07, 6.45) is 0.920. The average molecular weight is 336 g/mol. The monoisotopic (exact) mass is 336 g/mol. The van der Waals surface area contributed by atoms with E-state index in [0.717, 1.165) is 35.6 Å². The Bertz CT molecular complexity index is 959. The van der Waals surface area contributed by atoms with Crippen LogP contribution in [0.25, 0.3) is 16.6 Å². The molecule has 2 aromatic carbocycles. The second-order valence-electron chi connectivity index (χ2n) is 6.58. The zero-order valence-electron chi connectivity index (χ0n) is 15.4. The summed E-state index contributed by atoms with van der Waals surface area (Å²) in [6, 6.07) is 14.0. The van der Waals surface area contributed by atoms with Crippen LogP contribution >= 0.6 is 0 Å². The van der Waals surface area contributed by atoms with Gasteiger partial charge in [-0.05, 0) is 44.5 Å². The molecule has 4 nitrogen and oxygen atoms in total. The molecular formula is C21H26N3O+. The van der Waals surface area contributed by atoms with Gasteiger partial charge in [-0.2, -0.15) is 0 Å². The number of aromatic nitrogens is 2. The second-order valence-corrected chi connectivity index (χ2v) is 6.58. The van der Waals surface area contributed by atoms with Crippen LogP contribution in [0.3, 0.4) is 0 Å². The molecule has 25 heavy (non-hydrogen) atoms. The van der Waals surface area contributed by atoms with Crippen LogP contribution in [0.2, 0.25) is 0 Å². The van der Waals surface area contributed by atoms with E-state index in [4.69, 9.17) is 4.98 Å². The summed E-state index contributed by atoms with van der Waals surface area (Å²) >= 11 is 0. The number of hydrogen-bond acceptors (Lipinski definition) is 2. The molecule has 1 heterocycles. The third-order valence-electron chi connectivity index (χ3n) is 4.69. The van der Waals surface area contributed by atoms with E-state index in [9.17, 15) is 4.79 Å². The highest BCUT2D eigenvalue weighted by atomic mass is 16.1. The third-order valence-corrected chi connectivity index (χ3v) is 4.69. The number of hydrogen-bond donors (Lipinski definition) is 1. The average Bonchev–Trinajstić information content (AvgIpc) is 2.60. The fourth-order valence-electron chi connectivity index (χ4n) is 3.43. The Labute approximate surface area is 148 Å². The van der Waals surface area contributed by atoms with E-state index in [0.29, 0.717) is 5.39 Å². The van der Waals surface area contributed by atoms with Crippen molar-refractivity contribution in [1.82, 2.24) is 9.55 Å². The van der Waals surface area contributed by atoms with Crippen molar-refractivity contribution in [2.75, 3.05) is 6.54 Å². The molecule has 0 spiro atoms. The van der Waals surface area contributed by atoms with Crippen LogP contribution < -0.4 is 10.9 Å². The molecule has 1 atom stereocenters. The zero-order valence-corrected chi connectivity index (χ0v) is 15.4. The number of quaternary nitrogens is 1. The lowest BCUT2D eigenvalue weighted by atomic mass is 10.1. The summed E-state index contributed by atoms with van der Waals surface area (Å²) in [5.41, 5.74) is 3.98. The molecule has 2 N–H and O–H groups in total. The van der Waals surface area contributed by atoms with Gasteiger partial charge in [0.15, 0.2) is 5.82 Å². The van der Waals surface area contributed by atoms with Gasteiger partial charge in [-0.1, -0.05) is 36.8 Å². The number of benzene rings is 2. The van der Waals surface area contributed by atoms with Gasteiger partial charge in [0.05, 0.1) is 23.1 Å². The van der Waals surface area contributed by atoms with E-state index >= 15 is 0 Å². The summed E-state index contributed by atoms with van der Waals surface area (Å²) in [4.78, 5) is 18.2. The highest BCUT2D eigenvalue weighted by molar-refractivity contribution is 5.78. The van der Waals surface area contributed by atoms with Crippen LogP contribution in [0.4, 0.5) is 0 Å². The van der Waals surface area contributed by atoms with Crippen molar-refractivity contribution >= 4 is 10.9 Å². The van der Waals surface area contributed by atoms with Gasteiger partial charge in [0.1, 0.15) is 6.04 Å². The Balaban J connectivity index is 2.38. The van der Waals surface area contributed by atoms with E-state index < -0.39 is 0 Å². The van der Waals surface area contributed by atoms with Gasteiger partial charge in [-0.25, -0.2) is 4.98 Å². The minimum atomic E-state index is 0.00973. The van der Waals surface area contributed by atoms with Crippen LogP contribution in [-0.4, -0.2) is 16.1 Å². The number of nitrogens with zero attached hydrogens (tertiary/aromatic N) is 2. The van der Waals surface area contributed by atoms with Crippen LogP contribution in [0.5, 0.6) is 0 Å². The van der Waals surface area contributed by atoms with Gasteiger partial charge in [0.2, 0.25) is 0 Å². The number of nitrogens with two attached hydrogens (primary N) is 1. The molecule has 0 radical (unpaired) electrons. The second kappa shape index (κ2) is 7.19. The van der Waals surface area contributed by atoms with Crippen molar-refractivity contribution in [1.29, 1.82) is 0 Å².